The molecule has 3 N–H and O–H groups in total. The van der Waals surface area contributed by atoms with Crippen LogP contribution >= 0.6 is 0 Å². The van der Waals surface area contributed by atoms with Crippen LogP contribution in [0.1, 0.15) is 44.4 Å². The second-order valence-electron chi connectivity index (χ2n) is 5.58. The van der Waals surface area contributed by atoms with Gasteiger partial charge in [0.05, 0.1) is 5.56 Å². The van der Waals surface area contributed by atoms with Crippen LogP contribution in [-0.2, 0) is 12.7 Å². The number of hydrogen-bond acceptors (Lipinski definition) is 2. The van der Waals surface area contributed by atoms with Crippen LogP contribution in [0.15, 0.2) is 24.3 Å². The Morgan fingerprint density at radius 3 is 2.50 bits per heavy atom. The number of aromatic nitrogens is 1. The number of halogens is 3. The van der Waals surface area contributed by atoms with E-state index in [0.717, 1.165) is 24.2 Å². The summed E-state index contributed by atoms with van der Waals surface area (Å²) in [6.45, 7) is 4.26. The molecule has 3 nitrogen and oxygen atoms in total. The predicted molar refractivity (Wildman–Crippen MR) is 80.3 cm³/mol. The second-order valence-corrected chi connectivity index (χ2v) is 5.58. The van der Waals surface area contributed by atoms with Gasteiger partial charge in [0.15, 0.2) is 0 Å². The molecule has 0 radical (unpaired) electrons. The van der Waals surface area contributed by atoms with Crippen LogP contribution in [0.4, 0.5) is 13.2 Å². The van der Waals surface area contributed by atoms with Gasteiger partial charge in [0.25, 0.3) is 0 Å². The zero-order chi connectivity index (χ0) is 16.4. The van der Waals surface area contributed by atoms with Crippen molar-refractivity contribution in [2.24, 2.45) is 0 Å². The lowest BCUT2D eigenvalue weighted by Crippen LogP contribution is -2.44. The van der Waals surface area contributed by atoms with Gasteiger partial charge >= 0.3 is 6.18 Å². The highest BCUT2D eigenvalue weighted by molar-refractivity contribution is 5.81. The number of fused-ring (bicyclic) bond motifs is 1. The highest BCUT2D eigenvalue weighted by atomic mass is 19.4. The van der Waals surface area contributed by atoms with Gasteiger partial charge in [0, 0.05) is 23.1 Å². The summed E-state index contributed by atoms with van der Waals surface area (Å²) in [6, 6.07) is 5.31. The number of hydrogen-bond donors (Lipinski definition) is 3. The van der Waals surface area contributed by atoms with Crippen molar-refractivity contribution in [1.29, 1.82) is 0 Å². The molecule has 0 saturated carbocycles. The third kappa shape index (κ3) is 3.81. The maximum Gasteiger partial charge on any atom is 0.416 e. The van der Waals surface area contributed by atoms with E-state index >= 15 is 0 Å². The third-order valence-electron chi connectivity index (χ3n) is 3.86. The smallest absolute Gasteiger partial charge is 0.376 e. The topological polar surface area (TPSA) is 48.0 Å². The van der Waals surface area contributed by atoms with Crippen molar-refractivity contribution in [3.63, 3.8) is 0 Å². The van der Waals surface area contributed by atoms with Gasteiger partial charge in [-0.1, -0.05) is 20.3 Å². The molecule has 0 amide bonds. The number of aromatic amines is 1. The summed E-state index contributed by atoms with van der Waals surface area (Å²) < 4.78 is 38.1. The highest BCUT2D eigenvalue weighted by Crippen LogP contribution is 2.31. The number of aliphatic hydroxyl groups is 1. The van der Waals surface area contributed by atoms with Crippen molar-refractivity contribution < 1.29 is 18.3 Å². The van der Waals surface area contributed by atoms with Gasteiger partial charge in [0.1, 0.15) is 5.72 Å². The molecule has 0 aliphatic heterocycles. The summed E-state index contributed by atoms with van der Waals surface area (Å²) >= 11 is 0. The molecule has 0 saturated heterocycles. The molecule has 0 fully saturated rings. The van der Waals surface area contributed by atoms with E-state index in [1.807, 2.05) is 13.8 Å². The lowest BCUT2D eigenvalue weighted by atomic mass is 10.1. The molecule has 122 valence electrons. The molecule has 6 heteroatoms. The van der Waals surface area contributed by atoms with E-state index < -0.39 is 17.5 Å². The lowest BCUT2D eigenvalue weighted by molar-refractivity contribution is -0.137. The van der Waals surface area contributed by atoms with Crippen molar-refractivity contribution in [1.82, 2.24) is 10.3 Å². The Bertz CT molecular complexity index is 636. The molecule has 22 heavy (non-hydrogen) atoms. The van der Waals surface area contributed by atoms with Crippen LogP contribution in [0, 0.1) is 0 Å². The Morgan fingerprint density at radius 1 is 1.18 bits per heavy atom. The van der Waals surface area contributed by atoms with E-state index in [2.05, 4.69) is 10.3 Å². The minimum absolute atomic E-state index is 0.375. The van der Waals surface area contributed by atoms with Crippen LogP contribution in [0.3, 0.4) is 0 Å². The third-order valence-corrected chi connectivity index (χ3v) is 3.86. The van der Waals surface area contributed by atoms with Gasteiger partial charge in [-0.05, 0) is 37.1 Å². The van der Waals surface area contributed by atoms with Gasteiger partial charge < -0.3 is 10.1 Å². The average Bonchev–Trinajstić information content (AvgIpc) is 2.86. The average molecular weight is 314 g/mol. The summed E-state index contributed by atoms with van der Waals surface area (Å²) in [6.07, 6.45) is -2.30. The van der Waals surface area contributed by atoms with Gasteiger partial charge in [-0.2, -0.15) is 13.2 Å². The van der Waals surface area contributed by atoms with E-state index in [0.29, 0.717) is 30.3 Å². The minimum Gasteiger partial charge on any atom is -0.376 e. The zero-order valence-electron chi connectivity index (χ0n) is 12.7. The zero-order valence-corrected chi connectivity index (χ0v) is 12.7. The lowest BCUT2D eigenvalue weighted by Gasteiger charge is -2.27. The molecule has 1 aromatic heterocycles. The molecular weight excluding hydrogens is 293 g/mol. The number of alkyl halides is 3. The largest absolute Gasteiger partial charge is 0.416 e. The van der Waals surface area contributed by atoms with Gasteiger partial charge in [-0.15, -0.1) is 0 Å². The number of benzene rings is 1. The normalized spacial score (nSPS) is 15.2. The Labute approximate surface area is 127 Å². The first kappa shape index (κ1) is 16.8. The number of rotatable bonds is 6. The van der Waals surface area contributed by atoms with E-state index in [4.69, 9.17) is 0 Å². The van der Waals surface area contributed by atoms with Crippen molar-refractivity contribution in [3.8, 4) is 0 Å². The second kappa shape index (κ2) is 6.30. The Kier molecular flexibility index (Phi) is 4.82. The molecule has 1 aromatic carbocycles. The Hall–Kier alpha value is -1.53. The van der Waals surface area contributed by atoms with Gasteiger partial charge in [-0.25, -0.2) is 0 Å². The van der Waals surface area contributed by atoms with E-state index in [-0.39, 0.29) is 0 Å². The summed E-state index contributed by atoms with van der Waals surface area (Å²) in [5, 5.41) is 13.9. The van der Waals surface area contributed by atoms with Crippen LogP contribution in [0.5, 0.6) is 0 Å². The minimum atomic E-state index is -4.34. The first-order valence-electron chi connectivity index (χ1n) is 7.43. The highest BCUT2D eigenvalue weighted by Gasteiger charge is 2.30. The standard InChI is InChI=1S/C16H21F3N2O/c1-3-7-15(22,4-2)20-10-13-9-11-8-12(16(17,18)19)5-6-14(11)21-13/h5-6,8-9,20-22H,3-4,7,10H2,1-2H3. The quantitative estimate of drug-likeness (QED) is 0.701. The number of H-pyrrole nitrogens is 1. The van der Waals surface area contributed by atoms with Crippen molar-refractivity contribution >= 4 is 10.9 Å². The van der Waals surface area contributed by atoms with Crippen molar-refractivity contribution in [3.05, 3.63) is 35.5 Å². The fraction of sp³-hybridized carbons (Fsp3) is 0.500. The molecule has 1 atom stereocenters. The monoisotopic (exact) mass is 314 g/mol. The summed E-state index contributed by atoms with van der Waals surface area (Å²) in [4.78, 5) is 3.07. The fourth-order valence-electron chi connectivity index (χ4n) is 2.53. The van der Waals surface area contributed by atoms with E-state index in [1.165, 1.54) is 6.07 Å². The predicted octanol–water partition coefficient (Wildman–Crippen LogP) is 4.18. The van der Waals surface area contributed by atoms with Crippen molar-refractivity contribution in [2.75, 3.05) is 0 Å². The van der Waals surface area contributed by atoms with E-state index in [1.54, 1.807) is 6.07 Å². The maximum atomic E-state index is 12.7. The molecule has 0 aliphatic carbocycles. The summed E-state index contributed by atoms with van der Waals surface area (Å²) in [7, 11) is 0. The molecule has 2 aromatic rings. The van der Waals surface area contributed by atoms with Crippen LogP contribution in [0.25, 0.3) is 10.9 Å². The summed E-state index contributed by atoms with van der Waals surface area (Å²) in [5.41, 5.74) is -0.199. The van der Waals surface area contributed by atoms with Crippen LogP contribution in [0.2, 0.25) is 0 Å². The molecule has 2 rings (SSSR count). The number of nitrogens with one attached hydrogen (secondary N) is 2. The molecule has 0 bridgehead atoms. The Balaban J connectivity index is 2.16. The first-order chi connectivity index (χ1) is 10.3. The van der Waals surface area contributed by atoms with Gasteiger partial charge in [-0.3, -0.25) is 5.32 Å². The maximum absolute atomic E-state index is 12.7. The first-order valence-corrected chi connectivity index (χ1v) is 7.43. The van der Waals surface area contributed by atoms with Gasteiger partial charge in [0.2, 0.25) is 0 Å². The summed E-state index contributed by atoms with van der Waals surface area (Å²) in [5.74, 6) is 0. The van der Waals surface area contributed by atoms with Crippen LogP contribution in [-0.4, -0.2) is 15.8 Å². The van der Waals surface area contributed by atoms with Crippen molar-refractivity contribution in [2.45, 2.75) is 51.6 Å². The molecule has 1 heterocycles. The van der Waals surface area contributed by atoms with E-state index in [9.17, 15) is 18.3 Å². The SMILES string of the molecule is CCCC(O)(CC)NCc1cc2cc(C(F)(F)F)ccc2[nH]1. The fourth-order valence-corrected chi connectivity index (χ4v) is 2.53. The molecule has 0 spiro atoms. The van der Waals surface area contributed by atoms with Crippen LogP contribution < -0.4 is 5.32 Å². The molecule has 1 unspecified atom stereocenters. The molecule has 0 aliphatic rings. The Morgan fingerprint density at radius 2 is 1.91 bits per heavy atom. The molecular formula is C16H21F3N2O.